The molecule has 7 heteroatoms. The van der Waals surface area contributed by atoms with Gasteiger partial charge in [-0.05, 0) is 30.2 Å². The van der Waals surface area contributed by atoms with Gasteiger partial charge >= 0.3 is 6.18 Å². The van der Waals surface area contributed by atoms with Crippen LogP contribution in [0.15, 0.2) is 59.5 Å². The number of likely N-dealkylation sites (tertiary alicyclic amines) is 1. The number of hydrogen-bond donors (Lipinski definition) is 1. The van der Waals surface area contributed by atoms with E-state index in [1.165, 1.54) is 11.6 Å². The van der Waals surface area contributed by atoms with E-state index in [1.807, 2.05) is 18.2 Å². The average Bonchev–Trinajstić information content (AvgIpc) is 3.07. The smallest absolute Gasteiger partial charge is 0.351 e. The molecule has 1 atom stereocenters. The summed E-state index contributed by atoms with van der Waals surface area (Å²) >= 11 is 1.12. The summed E-state index contributed by atoms with van der Waals surface area (Å²) in [5.41, 5.74) is 0.546. The Morgan fingerprint density at radius 2 is 1.93 bits per heavy atom. The number of nitrogens with one attached hydrogen (secondary N) is 1. The van der Waals surface area contributed by atoms with Crippen molar-refractivity contribution < 1.29 is 18.0 Å². The Hall–Kier alpha value is -1.99. The third-order valence-corrected chi connectivity index (χ3v) is 5.41. The molecule has 27 heavy (non-hydrogen) atoms. The van der Waals surface area contributed by atoms with E-state index in [-0.39, 0.29) is 17.7 Å². The number of carbonyl (C=O) groups is 1. The summed E-state index contributed by atoms with van der Waals surface area (Å²) in [5, 5.41) is 2.99. The molecular weight excluding hydrogens is 373 g/mol. The van der Waals surface area contributed by atoms with Gasteiger partial charge in [0, 0.05) is 30.6 Å². The Morgan fingerprint density at radius 1 is 1.15 bits per heavy atom. The highest BCUT2D eigenvalue weighted by Crippen LogP contribution is 2.31. The van der Waals surface area contributed by atoms with E-state index >= 15 is 0 Å². The number of thioether (sulfide) groups is 1. The van der Waals surface area contributed by atoms with E-state index in [2.05, 4.69) is 22.3 Å². The van der Waals surface area contributed by atoms with Gasteiger partial charge in [0.25, 0.3) is 0 Å². The summed E-state index contributed by atoms with van der Waals surface area (Å²) in [5.74, 6) is -0.0415. The summed E-state index contributed by atoms with van der Waals surface area (Å²) in [4.78, 5) is 14.9. The number of rotatable bonds is 6. The fourth-order valence-corrected chi connectivity index (χ4v) is 3.88. The Bertz CT molecular complexity index is 767. The van der Waals surface area contributed by atoms with Crippen LogP contribution in [-0.4, -0.2) is 35.7 Å². The molecule has 1 heterocycles. The molecular formula is C20H21F3N2OS. The first-order valence-electron chi connectivity index (χ1n) is 8.76. The van der Waals surface area contributed by atoms with Crippen LogP contribution >= 0.6 is 11.8 Å². The number of hydrogen-bond acceptors (Lipinski definition) is 3. The van der Waals surface area contributed by atoms with Crippen LogP contribution in [0.25, 0.3) is 0 Å². The number of carbonyl (C=O) groups excluding carboxylic acids is 1. The Kier molecular flexibility index (Phi) is 6.44. The van der Waals surface area contributed by atoms with Crippen LogP contribution < -0.4 is 5.32 Å². The van der Waals surface area contributed by atoms with Crippen LogP contribution in [0.5, 0.6) is 0 Å². The van der Waals surface area contributed by atoms with E-state index in [0.717, 1.165) is 49.9 Å². The normalized spacial score (nSPS) is 17.8. The van der Waals surface area contributed by atoms with Crippen LogP contribution in [-0.2, 0) is 17.5 Å². The third-order valence-electron chi connectivity index (χ3n) is 4.42. The quantitative estimate of drug-likeness (QED) is 0.746. The lowest BCUT2D eigenvalue weighted by Gasteiger charge is -2.17. The van der Waals surface area contributed by atoms with Crippen molar-refractivity contribution in [2.24, 2.45) is 0 Å². The first-order valence-corrected chi connectivity index (χ1v) is 9.74. The van der Waals surface area contributed by atoms with Gasteiger partial charge in [-0.25, -0.2) is 0 Å². The predicted octanol–water partition coefficient (Wildman–Crippen LogP) is 4.19. The summed E-state index contributed by atoms with van der Waals surface area (Å²) in [6, 6.07) is 15.3. The second-order valence-corrected chi connectivity index (χ2v) is 7.64. The van der Waals surface area contributed by atoms with Gasteiger partial charge in [-0.2, -0.15) is 13.2 Å². The van der Waals surface area contributed by atoms with Crippen LogP contribution in [0.3, 0.4) is 0 Å². The number of halogens is 3. The van der Waals surface area contributed by atoms with E-state index < -0.39 is 11.7 Å². The zero-order chi connectivity index (χ0) is 19.3. The van der Waals surface area contributed by atoms with Crippen molar-refractivity contribution in [3.63, 3.8) is 0 Å². The van der Waals surface area contributed by atoms with Crippen LogP contribution in [0.4, 0.5) is 13.2 Å². The second kappa shape index (κ2) is 8.80. The molecule has 0 spiro atoms. The van der Waals surface area contributed by atoms with E-state index in [1.54, 1.807) is 6.07 Å². The molecule has 0 unspecified atom stereocenters. The standard InChI is InChI=1S/C20H21F3N2OS/c21-20(22,23)16-7-4-8-18(11-16)27-14-19(26)24-17-9-10-25(13-17)12-15-5-2-1-3-6-15/h1-8,11,17H,9-10,12-14H2,(H,24,26)/t17-/m1/s1. The molecule has 1 N–H and O–H groups in total. The third kappa shape index (κ3) is 6.01. The SMILES string of the molecule is O=C(CSc1cccc(C(F)(F)F)c1)N[C@@H]1CCN(Cc2ccccc2)C1. The molecule has 2 aromatic carbocycles. The molecule has 0 saturated carbocycles. The molecule has 144 valence electrons. The second-order valence-electron chi connectivity index (χ2n) is 6.59. The van der Waals surface area contributed by atoms with E-state index in [0.29, 0.717) is 4.90 Å². The minimum Gasteiger partial charge on any atom is -0.351 e. The zero-order valence-corrected chi connectivity index (χ0v) is 15.5. The maximum atomic E-state index is 12.7. The van der Waals surface area contributed by atoms with Gasteiger partial charge in [0.15, 0.2) is 0 Å². The van der Waals surface area contributed by atoms with Gasteiger partial charge in [0.05, 0.1) is 11.3 Å². The first kappa shape index (κ1) is 19.8. The van der Waals surface area contributed by atoms with Crippen molar-refractivity contribution in [2.45, 2.75) is 30.1 Å². The first-order chi connectivity index (χ1) is 12.9. The summed E-state index contributed by atoms with van der Waals surface area (Å²) in [6.45, 7) is 2.56. The molecule has 1 saturated heterocycles. The molecule has 1 fully saturated rings. The Morgan fingerprint density at radius 3 is 2.67 bits per heavy atom. The minimum absolute atomic E-state index is 0.0864. The highest BCUT2D eigenvalue weighted by molar-refractivity contribution is 8.00. The summed E-state index contributed by atoms with van der Waals surface area (Å²) in [7, 11) is 0. The van der Waals surface area contributed by atoms with Gasteiger partial charge in [-0.15, -0.1) is 11.8 Å². The lowest BCUT2D eigenvalue weighted by atomic mass is 10.2. The van der Waals surface area contributed by atoms with Crippen LogP contribution in [0, 0.1) is 0 Å². The van der Waals surface area contributed by atoms with Gasteiger partial charge in [-0.1, -0.05) is 36.4 Å². The molecule has 0 aliphatic carbocycles. The molecule has 1 aliphatic rings. The van der Waals surface area contributed by atoms with Gasteiger partial charge in [0.1, 0.15) is 0 Å². The predicted molar refractivity (Wildman–Crippen MR) is 100 cm³/mol. The molecule has 3 nitrogen and oxygen atoms in total. The maximum Gasteiger partial charge on any atom is 0.416 e. The van der Waals surface area contributed by atoms with Crippen LogP contribution in [0.1, 0.15) is 17.5 Å². The zero-order valence-electron chi connectivity index (χ0n) is 14.7. The Labute approximate surface area is 160 Å². The van der Waals surface area contributed by atoms with Crippen molar-refractivity contribution in [1.82, 2.24) is 10.2 Å². The fourth-order valence-electron chi connectivity index (χ4n) is 3.12. The van der Waals surface area contributed by atoms with Gasteiger partial charge in [-0.3, -0.25) is 9.69 Å². The van der Waals surface area contributed by atoms with Gasteiger partial charge < -0.3 is 5.32 Å². The topological polar surface area (TPSA) is 32.3 Å². The fraction of sp³-hybridized carbons (Fsp3) is 0.350. The maximum absolute atomic E-state index is 12.7. The number of nitrogens with zero attached hydrogens (tertiary/aromatic N) is 1. The molecule has 1 amide bonds. The van der Waals surface area contributed by atoms with Crippen molar-refractivity contribution in [3.05, 3.63) is 65.7 Å². The minimum atomic E-state index is -4.37. The highest BCUT2D eigenvalue weighted by Gasteiger charge is 2.30. The monoisotopic (exact) mass is 394 g/mol. The molecule has 1 aliphatic heterocycles. The average molecular weight is 394 g/mol. The molecule has 0 bridgehead atoms. The van der Waals surface area contributed by atoms with Gasteiger partial charge in [0.2, 0.25) is 5.91 Å². The summed E-state index contributed by atoms with van der Waals surface area (Å²) < 4.78 is 38.2. The van der Waals surface area contributed by atoms with Crippen molar-refractivity contribution in [1.29, 1.82) is 0 Å². The van der Waals surface area contributed by atoms with E-state index in [9.17, 15) is 18.0 Å². The number of amides is 1. The highest BCUT2D eigenvalue weighted by atomic mass is 32.2. The van der Waals surface area contributed by atoms with Crippen LogP contribution in [0.2, 0.25) is 0 Å². The number of alkyl halides is 3. The number of benzene rings is 2. The molecule has 2 aromatic rings. The van der Waals surface area contributed by atoms with Crippen molar-refractivity contribution in [3.8, 4) is 0 Å². The summed E-state index contributed by atoms with van der Waals surface area (Å²) in [6.07, 6.45) is -3.49. The van der Waals surface area contributed by atoms with E-state index in [4.69, 9.17) is 0 Å². The molecule has 0 radical (unpaired) electrons. The molecule has 0 aromatic heterocycles. The largest absolute Gasteiger partial charge is 0.416 e. The Balaban J connectivity index is 1.44. The molecule has 3 rings (SSSR count). The lowest BCUT2D eigenvalue weighted by Crippen LogP contribution is -2.37. The van der Waals surface area contributed by atoms with Crippen molar-refractivity contribution in [2.75, 3.05) is 18.8 Å². The lowest BCUT2D eigenvalue weighted by molar-refractivity contribution is -0.137. The van der Waals surface area contributed by atoms with Crippen molar-refractivity contribution >= 4 is 17.7 Å².